The molecule has 132 valence electrons. The number of anilines is 2. The number of halogens is 3. The summed E-state index contributed by atoms with van der Waals surface area (Å²) in [6.07, 6.45) is -5.61. The van der Waals surface area contributed by atoms with Crippen LogP contribution < -0.4 is 11.1 Å². The molecule has 1 amide bonds. The number of primary amides is 1. The number of hydrogen-bond acceptors (Lipinski definition) is 4. The molecule has 0 spiro atoms. The van der Waals surface area contributed by atoms with Crippen LogP contribution in [0, 0.1) is 0 Å². The summed E-state index contributed by atoms with van der Waals surface area (Å²) in [7, 11) is 0. The van der Waals surface area contributed by atoms with Crippen molar-refractivity contribution in [3.8, 4) is 0 Å². The van der Waals surface area contributed by atoms with Gasteiger partial charge in [0.1, 0.15) is 0 Å². The van der Waals surface area contributed by atoms with Gasteiger partial charge in [0.25, 0.3) is 5.91 Å². The Morgan fingerprint density at radius 3 is 2.44 bits per heavy atom. The van der Waals surface area contributed by atoms with E-state index in [2.05, 4.69) is 5.32 Å². The summed E-state index contributed by atoms with van der Waals surface area (Å²) in [5.41, 5.74) is 4.68. The molecule has 8 heteroatoms. The molecule has 2 rings (SSSR count). The van der Waals surface area contributed by atoms with Crippen molar-refractivity contribution in [3.05, 3.63) is 59.7 Å². The highest BCUT2D eigenvalue weighted by Crippen LogP contribution is 2.32. The van der Waals surface area contributed by atoms with Crippen molar-refractivity contribution in [2.24, 2.45) is 5.73 Å². The van der Waals surface area contributed by atoms with Crippen LogP contribution in [0.3, 0.4) is 0 Å². The highest BCUT2D eigenvalue weighted by atomic mass is 19.4. The minimum Gasteiger partial charge on any atom is -0.449 e. The molecule has 25 heavy (non-hydrogen) atoms. The maximum atomic E-state index is 12.8. The molecule has 0 bridgehead atoms. The number of amides is 1. The van der Waals surface area contributed by atoms with Crippen LogP contribution in [0.25, 0.3) is 0 Å². The van der Waals surface area contributed by atoms with E-state index in [1.807, 2.05) is 0 Å². The van der Waals surface area contributed by atoms with Crippen LogP contribution in [-0.2, 0) is 15.7 Å². The summed E-state index contributed by atoms with van der Waals surface area (Å²) < 4.78 is 43.3. The molecule has 0 aliphatic carbocycles. The lowest BCUT2D eigenvalue weighted by Gasteiger charge is -2.15. The Bertz CT molecular complexity index is 791. The van der Waals surface area contributed by atoms with E-state index in [9.17, 15) is 22.8 Å². The number of hydrogen-bond donors (Lipinski definition) is 2. The zero-order valence-corrected chi connectivity index (χ0v) is 13.1. The van der Waals surface area contributed by atoms with Crippen LogP contribution in [0.5, 0.6) is 0 Å². The zero-order chi connectivity index (χ0) is 18.6. The second kappa shape index (κ2) is 7.25. The minimum atomic E-state index is -4.48. The van der Waals surface area contributed by atoms with Gasteiger partial charge in [0, 0.05) is 5.69 Å². The maximum Gasteiger partial charge on any atom is 0.416 e. The Kier molecular flexibility index (Phi) is 5.31. The third-order valence-electron chi connectivity index (χ3n) is 3.30. The Morgan fingerprint density at radius 1 is 1.12 bits per heavy atom. The van der Waals surface area contributed by atoms with Gasteiger partial charge in [0.2, 0.25) is 0 Å². The topological polar surface area (TPSA) is 81.4 Å². The number of ether oxygens (including phenoxy) is 1. The molecule has 0 saturated carbocycles. The van der Waals surface area contributed by atoms with Gasteiger partial charge >= 0.3 is 12.1 Å². The first kappa shape index (κ1) is 18.3. The van der Waals surface area contributed by atoms with Crippen molar-refractivity contribution in [1.82, 2.24) is 0 Å². The van der Waals surface area contributed by atoms with Gasteiger partial charge in [0.15, 0.2) is 6.10 Å². The summed E-state index contributed by atoms with van der Waals surface area (Å²) in [6.45, 7) is 1.32. The van der Waals surface area contributed by atoms with Crippen molar-refractivity contribution in [3.63, 3.8) is 0 Å². The first-order chi connectivity index (χ1) is 11.7. The zero-order valence-electron chi connectivity index (χ0n) is 13.1. The van der Waals surface area contributed by atoms with E-state index in [0.717, 1.165) is 12.1 Å². The van der Waals surface area contributed by atoms with E-state index in [1.54, 1.807) is 12.1 Å². The second-order valence-electron chi connectivity index (χ2n) is 5.20. The fourth-order valence-electron chi connectivity index (χ4n) is 1.98. The molecule has 0 aromatic heterocycles. The Morgan fingerprint density at radius 2 is 1.80 bits per heavy atom. The summed E-state index contributed by atoms with van der Waals surface area (Å²) in [6, 6.07) is 10.6. The van der Waals surface area contributed by atoms with Gasteiger partial charge in [-0.25, -0.2) is 4.79 Å². The van der Waals surface area contributed by atoms with E-state index >= 15 is 0 Å². The fraction of sp³-hybridized carbons (Fsp3) is 0.176. The molecule has 0 radical (unpaired) electrons. The quantitative estimate of drug-likeness (QED) is 0.807. The normalized spacial score (nSPS) is 12.3. The molecule has 0 heterocycles. The van der Waals surface area contributed by atoms with E-state index in [4.69, 9.17) is 10.5 Å². The van der Waals surface area contributed by atoms with Gasteiger partial charge in [-0.1, -0.05) is 18.2 Å². The molecule has 3 N–H and O–H groups in total. The minimum absolute atomic E-state index is 0.0630. The molecule has 0 aliphatic rings. The van der Waals surface area contributed by atoms with Crippen LogP contribution in [0.4, 0.5) is 24.5 Å². The van der Waals surface area contributed by atoms with E-state index in [0.29, 0.717) is 0 Å². The number of nitrogens with two attached hydrogens (primary N) is 1. The van der Waals surface area contributed by atoms with Gasteiger partial charge in [0.05, 0.1) is 16.8 Å². The van der Waals surface area contributed by atoms with E-state index in [1.165, 1.54) is 31.2 Å². The molecule has 2 aromatic carbocycles. The van der Waals surface area contributed by atoms with Crippen LogP contribution in [0.15, 0.2) is 48.5 Å². The maximum absolute atomic E-state index is 12.8. The molecular formula is C17H15F3N2O3. The molecule has 0 aliphatic heterocycles. The van der Waals surface area contributed by atoms with Crippen molar-refractivity contribution >= 4 is 23.3 Å². The first-order valence-electron chi connectivity index (χ1n) is 7.22. The summed E-state index contributed by atoms with van der Waals surface area (Å²) in [5, 5.41) is 2.75. The summed E-state index contributed by atoms with van der Waals surface area (Å²) in [5.74, 6) is -1.63. The number of alkyl halides is 3. The van der Waals surface area contributed by atoms with Gasteiger partial charge < -0.3 is 15.8 Å². The first-order valence-corrected chi connectivity index (χ1v) is 7.22. The number of carbonyl (C=O) groups is 2. The van der Waals surface area contributed by atoms with Crippen molar-refractivity contribution in [2.75, 3.05) is 5.32 Å². The van der Waals surface area contributed by atoms with E-state index < -0.39 is 29.7 Å². The van der Waals surface area contributed by atoms with Crippen molar-refractivity contribution in [2.45, 2.75) is 19.2 Å². The number of benzene rings is 2. The molecule has 0 fully saturated rings. The van der Waals surface area contributed by atoms with Crippen molar-refractivity contribution < 1.29 is 27.5 Å². The summed E-state index contributed by atoms with van der Waals surface area (Å²) >= 11 is 0. The van der Waals surface area contributed by atoms with Gasteiger partial charge in [-0.05, 0) is 37.3 Å². The predicted molar refractivity (Wildman–Crippen MR) is 85.2 cm³/mol. The molecular weight excluding hydrogens is 337 g/mol. The van der Waals surface area contributed by atoms with Gasteiger partial charge in [-0.15, -0.1) is 0 Å². The third-order valence-corrected chi connectivity index (χ3v) is 3.30. The molecule has 0 unspecified atom stereocenters. The molecule has 5 nitrogen and oxygen atoms in total. The predicted octanol–water partition coefficient (Wildman–Crippen LogP) is 3.48. The highest BCUT2D eigenvalue weighted by molar-refractivity contribution is 5.97. The SMILES string of the molecule is C[C@H](OC(=O)c1ccccc1Nc1cccc(C(F)(F)F)c1)C(N)=O. The number of para-hydroxylation sites is 1. The van der Waals surface area contributed by atoms with Crippen LogP contribution in [0.1, 0.15) is 22.8 Å². The number of nitrogens with one attached hydrogen (secondary N) is 1. The lowest BCUT2D eigenvalue weighted by Crippen LogP contribution is -2.30. The highest BCUT2D eigenvalue weighted by Gasteiger charge is 2.30. The van der Waals surface area contributed by atoms with Gasteiger partial charge in [-0.2, -0.15) is 13.2 Å². The number of rotatable bonds is 5. The average molecular weight is 352 g/mol. The average Bonchev–Trinajstić information content (AvgIpc) is 2.54. The number of carbonyl (C=O) groups excluding carboxylic acids is 2. The van der Waals surface area contributed by atoms with Gasteiger partial charge in [-0.3, -0.25) is 4.79 Å². The molecule has 1 atom stereocenters. The number of esters is 1. The van der Waals surface area contributed by atoms with Crippen LogP contribution in [0.2, 0.25) is 0 Å². The lowest BCUT2D eigenvalue weighted by atomic mass is 10.1. The standard InChI is InChI=1S/C17H15F3N2O3/c1-10(15(21)23)25-16(24)13-7-2-3-8-14(13)22-12-6-4-5-11(9-12)17(18,19)20/h2-10,22H,1H3,(H2,21,23)/t10-/m0/s1. The summed E-state index contributed by atoms with van der Waals surface area (Å²) in [4.78, 5) is 23.1. The van der Waals surface area contributed by atoms with Crippen LogP contribution in [-0.4, -0.2) is 18.0 Å². The third kappa shape index (κ3) is 4.72. The monoisotopic (exact) mass is 352 g/mol. The Balaban J connectivity index is 2.27. The lowest BCUT2D eigenvalue weighted by molar-refractivity contribution is -0.137. The van der Waals surface area contributed by atoms with Crippen LogP contribution >= 0.6 is 0 Å². The van der Waals surface area contributed by atoms with Crippen molar-refractivity contribution in [1.29, 1.82) is 0 Å². The largest absolute Gasteiger partial charge is 0.449 e. The molecule has 0 saturated heterocycles. The Hall–Kier alpha value is -3.03. The second-order valence-corrected chi connectivity index (χ2v) is 5.20. The molecule has 2 aromatic rings. The fourth-order valence-corrected chi connectivity index (χ4v) is 1.98. The van der Waals surface area contributed by atoms with E-state index in [-0.39, 0.29) is 16.9 Å². The Labute approximate surface area is 141 Å². The smallest absolute Gasteiger partial charge is 0.416 e.